The lowest BCUT2D eigenvalue weighted by atomic mass is 9.46. The molecule has 32 heavy (non-hydrogen) atoms. The number of hydrogen-bond donors (Lipinski definition) is 1. The normalized spacial score (nSPS) is 46.4. The minimum atomic E-state index is 0.456. The maximum Gasteiger partial charge on any atom is 0.0389 e. The van der Waals surface area contributed by atoms with Crippen LogP contribution in [-0.4, -0.2) is 24.8 Å². The lowest BCUT2D eigenvalue weighted by molar-refractivity contribution is -0.0417. The van der Waals surface area contributed by atoms with Crippen LogP contribution < -0.4 is 5.32 Å². The summed E-state index contributed by atoms with van der Waals surface area (Å²) in [6.45, 7) is 16.6. The number of rotatable bonds is 5. The second kappa shape index (κ2) is 8.71. The Hall–Kier alpha value is -0.890. The van der Waals surface area contributed by atoms with Gasteiger partial charge in [-0.25, -0.2) is 0 Å². The predicted molar refractivity (Wildman–Crippen MR) is 137 cm³/mol. The van der Waals surface area contributed by atoms with Crippen molar-refractivity contribution in [3.8, 4) is 0 Å². The van der Waals surface area contributed by atoms with E-state index in [0.29, 0.717) is 10.8 Å². The van der Waals surface area contributed by atoms with Gasteiger partial charge >= 0.3 is 0 Å². The van der Waals surface area contributed by atoms with Gasteiger partial charge in [0.2, 0.25) is 0 Å². The van der Waals surface area contributed by atoms with Crippen LogP contribution >= 0.6 is 0 Å². The minimum absolute atomic E-state index is 0.456. The zero-order valence-electron chi connectivity index (χ0n) is 21.4. The number of fused-ring (bicyclic) bond motifs is 5. The molecule has 8 atom stereocenters. The fraction of sp³-hybridized carbons (Fsp3) is 0.833. The quantitative estimate of drug-likeness (QED) is 0.353. The third-order valence-electron chi connectivity index (χ3n) is 11.3. The molecule has 5 rings (SSSR count). The third-order valence-corrected chi connectivity index (χ3v) is 11.3. The van der Waals surface area contributed by atoms with Gasteiger partial charge in [-0.3, -0.25) is 4.99 Å². The van der Waals surface area contributed by atoms with Crippen LogP contribution in [0.15, 0.2) is 28.8 Å². The summed E-state index contributed by atoms with van der Waals surface area (Å²) in [4.78, 5) is 5.19. The molecule has 0 aromatic rings. The Morgan fingerprint density at radius 1 is 1.09 bits per heavy atom. The van der Waals surface area contributed by atoms with Crippen LogP contribution in [0, 0.1) is 40.4 Å². The van der Waals surface area contributed by atoms with Crippen molar-refractivity contribution < 1.29 is 0 Å². The summed E-state index contributed by atoms with van der Waals surface area (Å²) in [5.41, 5.74) is 5.56. The van der Waals surface area contributed by atoms with E-state index in [1.807, 2.05) is 0 Å². The first-order valence-corrected chi connectivity index (χ1v) is 14.0. The van der Waals surface area contributed by atoms with Crippen LogP contribution in [0.5, 0.6) is 0 Å². The fourth-order valence-corrected chi connectivity index (χ4v) is 9.30. The van der Waals surface area contributed by atoms with Crippen molar-refractivity contribution in [3.05, 3.63) is 23.8 Å². The maximum absolute atomic E-state index is 5.19. The molecule has 4 fully saturated rings. The molecular formula is C30H48N2. The number of allylic oxidation sites excluding steroid dienone is 3. The average Bonchev–Trinajstić information content (AvgIpc) is 3.34. The van der Waals surface area contributed by atoms with Crippen molar-refractivity contribution >= 4 is 5.71 Å². The molecule has 4 aliphatic carbocycles. The van der Waals surface area contributed by atoms with E-state index in [-0.39, 0.29) is 0 Å². The lowest BCUT2D eigenvalue weighted by Crippen LogP contribution is -2.50. The fourth-order valence-electron chi connectivity index (χ4n) is 9.30. The van der Waals surface area contributed by atoms with Gasteiger partial charge < -0.3 is 5.32 Å². The molecule has 1 aliphatic heterocycles. The molecule has 2 heteroatoms. The molecule has 178 valence electrons. The molecule has 0 spiro atoms. The predicted octanol–water partition coefficient (Wildman–Crippen LogP) is 7.36. The summed E-state index contributed by atoms with van der Waals surface area (Å²) >= 11 is 0. The van der Waals surface area contributed by atoms with Gasteiger partial charge in [0.25, 0.3) is 0 Å². The van der Waals surface area contributed by atoms with E-state index in [0.717, 1.165) is 42.2 Å². The number of nitrogens with zero attached hydrogens (tertiary/aromatic N) is 1. The Balaban J connectivity index is 1.24. The van der Waals surface area contributed by atoms with Gasteiger partial charge in [-0.05, 0) is 119 Å². The minimum Gasteiger partial charge on any atom is -0.314 e. The van der Waals surface area contributed by atoms with Crippen molar-refractivity contribution in [1.29, 1.82) is 0 Å². The van der Waals surface area contributed by atoms with Crippen LogP contribution in [-0.2, 0) is 0 Å². The van der Waals surface area contributed by atoms with E-state index in [4.69, 9.17) is 4.99 Å². The molecule has 3 saturated carbocycles. The molecule has 0 aromatic heterocycles. The highest BCUT2D eigenvalue weighted by Gasteiger charge is 2.59. The summed E-state index contributed by atoms with van der Waals surface area (Å²) < 4.78 is 0. The van der Waals surface area contributed by atoms with Gasteiger partial charge in [0.15, 0.2) is 0 Å². The zero-order valence-corrected chi connectivity index (χ0v) is 21.4. The molecule has 0 aromatic carbocycles. The number of aliphatic imine (C=N–C) groups is 1. The topological polar surface area (TPSA) is 24.4 Å². The highest BCUT2D eigenvalue weighted by molar-refractivity contribution is 5.85. The van der Waals surface area contributed by atoms with Gasteiger partial charge in [-0.1, -0.05) is 44.6 Å². The Morgan fingerprint density at radius 2 is 1.94 bits per heavy atom. The van der Waals surface area contributed by atoms with Crippen LogP contribution in [0.25, 0.3) is 0 Å². The molecule has 1 saturated heterocycles. The van der Waals surface area contributed by atoms with Gasteiger partial charge in [0, 0.05) is 24.2 Å². The van der Waals surface area contributed by atoms with E-state index >= 15 is 0 Å². The van der Waals surface area contributed by atoms with E-state index in [9.17, 15) is 0 Å². The smallest absolute Gasteiger partial charge is 0.0389 e. The summed E-state index contributed by atoms with van der Waals surface area (Å²) in [6, 6.07) is 0.734. The van der Waals surface area contributed by atoms with Crippen LogP contribution in [0.1, 0.15) is 98.3 Å². The summed E-state index contributed by atoms with van der Waals surface area (Å²) in [6.07, 6.45) is 17.4. The van der Waals surface area contributed by atoms with Gasteiger partial charge in [0.05, 0.1) is 0 Å². The number of nitrogens with one attached hydrogen (secondary N) is 1. The number of hydrogen-bond acceptors (Lipinski definition) is 2. The van der Waals surface area contributed by atoms with Crippen molar-refractivity contribution in [2.75, 3.05) is 13.1 Å². The highest BCUT2D eigenvalue weighted by Crippen LogP contribution is 2.67. The first kappa shape index (κ1) is 22.9. The molecule has 0 bridgehead atoms. The summed E-state index contributed by atoms with van der Waals surface area (Å²) in [7, 11) is 0. The van der Waals surface area contributed by atoms with E-state index in [1.165, 1.54) is 88.5 Å². The van der Waals surface area contributed by atoms with Gasteiger partial charge in [-0.15, -0.1) is 0 Å². The van der Waals surface area contributed by atoms with E-state index < -0.39 is 0 Å². The summed E-state index contributed by atoms with van der Waals surface area (Å²) in [5.74, 6) is 4.34. The second-order valence-electron chi connectivity index (χ2n) is 12.8. The molecule has 2 nitrogen and oxygen atoms in total. The second-order valence-corrected chi connectivity index (χ2v) is 12.8. The molecule has 5 aliphatic rings. The Labute approximate surface area is 197 Å². The maximum atomic E-state index is 5.19. The molecule has 1 heterocycles. The van der Waals surface area contributed by atoms with Crippen molar-refractivity contribution in [2.24, 2.45) is 45.4 Å². The third kappa shape index (κ3) is 3.77. The SMILES string of the molecule is C=C1C=C2CCC3C(CCC4(C)C(C(C)=NCCCC5NCCC5C)CCC34)C2(C)CC1. The Kier molecular flexibility index (Phi) is 6.23. The molecule has 0 radical (unpaired) electrons. The summed E-state index contributed by atoms with van der Waals surface area (Å²) in [5, 5.41) is 3.69. The molecule has 8 unspecified atom stereocenters. The van der Waals surface area contributed by atoms with Crippen LogP contribution in [0.4, 0.5) is 0 Å². The zero-order chi connectivity index (χ0) is 22.5. The van der Waals surface area contributed by atoms with Crippen molar-refractivity contribution in [1.82, 2.24) is 5.32 Å². The standard InChI is InChI=1S/C30H48N2/c1-20-12-15-29(4)23(19-20)8-9-24-26-11-10-25(30(26,5)16-13-27(24)29)22(3)31-17-6-7-28-21(2)14-18-32-28/h19,21,24-28,32H,1,6-18H2,2-5H3. The van der Waals surface area contributed by atoms with E-state index in [2.05, 4.69) is 45.7 Å². The first-order valence-electron chi connectivity index (χ1n) is 14.0. The van der Waals surface area contributed by atoms with Crippen molar-refractivity contribution in [2.45, 2.75) is 104 Å². The highest BCUT2D eigenvalue weighted by atomic mass is 14.9. The van der Waals surface area contributed by atoms with E-state index in [1.54, 1.807) is 5.57 Å². The van der Waals surface area contributed by atoms with Gasteiger partial charge in [-0.2, -0.15) is 0 Å². The van der Waals surface area contributed by atoms with Crippen LogP contribution in [0.2, 0.25) is 0 Å². The molecule has 1 N–H and O–H groups in total. The van der Waals surface area contributed by atoms with Crippen LogP contribution in [0.3, 0.4) is 0 Å². The molecule has 0 amide bonds. The Bertz CT molecular complexity index is 793. The van der Waals surface area contributed by atoms with Gasteiger partial charge in [0.1, 0.15) is 0 Å². The van der Waals surface area contributed by atoms with Crippen molar-refractivity contribution in [3.63, 3.8) is 0 Å². The lowest BCUT2D eigenvalue weighted by Gasteiger charge is -2.58. The first-order chi connectivity index (χ1) is 15.3. The average molecular weight is 437 g/mol. The Morgan fingerprint density at radius 3 is 2.72 bits per heavy atom. The molecular weight excluding hydrogens is 388 g/mol. The monoisotopic (exact) mass is 436 g/mol. The largest absolute Gasteiger partial charge is 0.314 e.